The lowest BCUT2D eigenvalue weighted by Gasteiger charge is -2.24. The van der Waals surface area contributed by atoms with Crippen LogP contribution in [0.25, 0.3) is 11.3 Å². The van der Waals surface area contributed by atoms with Crippen LogP contribution >= 0.6 is 11.6 Å². The highest BCUT2D eigenvalue weighted by Gasteiger charge is 2.29. The van der Waals surface area contributed by atoms with Gasteiger partial charge in [-0.25, -0.2) is 9.37 Å². The Morgan fingerprint density at radius 1 is 1.14 bits per heavy atom. The third-order valence-electron chi connectivity index (χ3n) is 6.53. The molecule has 0 bridgehead atoms. The van der Waals surface area contributed by atoms with Gasteiger partial charge in [0.05, 0.1) is 30.6 Å². The van der Waals surface area contributed by atoms with Crippen molar-refractivity contribution in [3.8, 4) is 22.8 Å². The van der Waals surface area contributed by atoms with Gasteiger partial charge in [0.15, 0.2) is 5.78 Å². The molecule has 1 N–H and O–H groups in total. The largest absolute Gasteiger partial charge is 0.495 e. The first-order valence-electron chi connectivity index (χ1n) is 11.9. The van der Waals surface area contributed by atoms with Crippen LogP contribution in [0.15, 0.2) is 48.5 Å². The van der Waals surface area contributed by atoms with Crippen LogP contribution in [-0.4, -0.2) is 42.5 Å². The molecular weight excluding hydrogens is 499 g/mol. The van der Waals surface area contributed by atoms with Crippen LogP contribution in [0, 0.1) is 5.82 Å². The summed E-state index contributed by atoms with van der Waals surface area (Å²) in [6.07, 6.45) is 1.42. The summed E-state index contributed by atoms with van der Waals surface area (Å²) in [5.74, 6) is 0.177. The summed E-state index contributed by atoms with van der Waals surface area (Å²) in [5.41, 5.74) is 0.881. The van der Waals surface area contributed by atoms with Gasteiger partial charge in [-0.1, -0.05) is 11.6 Å². The molecular formula is C28H28ClFN2O5. The third kappa shape index (κ3) is 5.60. The first-order chi connectivity index (χ1) is 17.6. The standard InChI is InChI=1S/C28H28ClFN2O5/c1-28(35,25-11-10-23(36-2)27(31-25)18-6-8-20(30)19(29)15-18)13-12-22(33)17-7-9-21(24(16-17)37-3)32-14-4-5-26(32)34/h6-11,15-16,35H,4-5,12-14H2,1-3H3. The number of Topliss-reactive ketones (excluding diaryl/α,β-unsaturated/α-hetero) is 1. The minimum Gasteiger partial charge on any atom is -0.495 e. The van der Waals surface area contributed by atoms with Crippen molar-refractivity contribution >= 4 is 29.0 Å². The number of nitrogens with zero attached hydrogens (tertiary/aromatic N) is 2. The van der Waals surface area contributed by atoms with Crippen LogP contribution < -0.4 is 14.4 Å². The maximum Gasteiger partial charge on any atom is 0.227 e. The Morgan fingerprint density at radius 2 is 1.89 bits per heavy atom. The quantitative estimate of drug-likeness (QED) is 0.367. The molecule has 7 nitrogen and oxygen atoms in total. The monoisotopic (exact) mass is 526 g/mol. The number of pyridine rings is 1. The molecule has 1 saturated heterocycles. The Kier molecular flexibility index (Phi) is 7.80. The molecule has 1 unspecified atom stereocenters. The molecule has 1 amide bonds. The Labute approximate surface area is 219 Å². The van der Waals surface area contributed by atoms with Gasteiger partial charge < -0.3 is 19.5 Å². The van der Waals surface area contributed by atoms with Gasteiger partial charge in [-0.15, -0.1) is 0 Å². The van der Waals surface area contributed by atoms with Gasteiger partial charge in [-0.05, 0) is 68.3 Å². The fourth-order valence-corrected chi connectivity index (χ4v) is 4.55. The van der Waals surface area contributed by atoms with Gasteiger partial charge in [-0.3, -0.25) is 9.59 Å². The van der Waals surface area contributed by atoms with E-state index in [4.69, 9.17) is 21.1 Å². The number of ketones is 1. The van der Waals surface area contributed by atoms with Gasteiger partial charge in [0.1, 0.15) is 28.6 Å². The molecule has 0 spiro atoms. The second-order valence-corrected chi connectivity index (χ2v) is 9.52. The van der Waals surface area contributed by atoms with E-state index in [0.717, 1.165) is 6.42 Å². The lowest BCUT2D eigenvalue weighted by molar-refractivity contribution is -0.117. The molecule has 1 atom stereocenters. The summed E-state index contributed by atoms with van der Waals surface area (Å²) in [6.45, 7) is 2.20. The highest BCUT2D eigenvalue weighted by Crippen LogP contribution is 2.36. The number of halogens is 2. The maximum absolute atomic E-state index is 13.7. The molecule has 0 aliphatic carbocycles. The van der Waals surface area contributed by atoms with Gasteiger partial charge in [-0.2, -0.15) is 0 Å². The summed E-state index contributed by atoms with van der Waals surface area (Å²) in [7, 11) is 2.99. The zero-order valence-electron chi connectivity index (χ0n) is 20.9. The number of carbonyl (C=O) groups is 2. The first-order valence-corrected chi connectivity index (χ1v) is 12.3. The first kappa shape index (κ1) is 26.6. The Hall–Kier alpha value is -3.49. The number of ether oxygens (including phenoxy) is 2. The molecule has 0 radical (unpaired) electrons. The predicted molar refractivity (Wildman–Crippen MR) is 139 cm³/mol. The molecule has 2 heterocycles. The lowest BCUT2D eigenvalue weighted by atomic mass is 9.92. The van der Waals surface area contributed by atoms with E-state index >= 15 is 0 Å². The number of aromatic nitrogens is 1. The van der Waals surface area contributed by atoms with Crippen molar-refractivity contribution in [3.05, 3.63) is 70.6 Å². The summed E-state index contributed by atoms with van der Waals surface area (Å²) < 4.78 is 24.5. The minimum atomic E-state index is -1.44. The fraction of sp³-hybridized carbons (Fsp3) is 0.321. The highest BCUT2D eigenvalue weighted by molar-refractivity contribution is 6.31. The zero-order chi connectivity index (χ0) is 26.7. The van der Waals surface area contributed by atoms with Gasteiger partial charge in [0.25, 0.3) is 0 Å². The molecule has 37 heavy (non-hydrogen) atoms. The van der Waals surface area contributed by atoms with Crippen LogP contribution in [0.2, 0.25) is 5.02 Å². The van der Waals surface area contributed by atoms with E-state index in [1.54, 1.807) is 42.2 Å². The number of rotatable bonds is 9. The van der Waals surface area contributed by atoms with Crippen LogP contribution in [-0.2, 0) is 10.4 Å². The van der Waals surface area contributed by atoms with Crippen molar-refractivity contribution in [3.63, 3.8) is 0 Å². The SMILES string of the molecule is COc1cc(C(=O)CCC(C)(O)c2ccc(OC)c(-c3ccc(F)c(Cl)c3)n2)ccc1N1CCCC1=O. The lowest BCUT2D eigenvalue weighted by Crippen LogP contribution is -2.25. The topological polar surface area (TPSA) is 89.0 Å². The van der Waals surface area contributed by atoms with Gasteiger partial charge >= 0.3 is 0 Å². The molecule has 1 aromatic heterocycles. The smallest absolute Gasteiger partial charge is 0.227 e. The van der Waals surface area contributed by atoms with E-state index in [1.165, 1.54) is 32.4 Å². The molecule has 2 aromatic carbocycles. The Balaban J connectivity index is 1.53. The van der Waals surface area contributed by atoms with E-state index in [1.807, 2.05) is 0 Å². The molecule has 3 aromatic rings. The Morgan fingerprint density at radius 3 is 2.54 bits per heavy atom. The fourth-order valence-electron chi connectivity index (χ4n) is 4.37. The summed E-state index contributed by atoms with van der Waals surface area (Å²) in [6, 6.07) is 12.5. The molecule has 1 aliphatic heterocycles. The predicted octanol–water partition coefficient (Wildman–Crippen LogP) is 5.56. The molecule has 1 fully saturated rings. The number of aliphatic hydroxyl groups is 1. The second kappa shape index (κ2) is 10.9. The number of carbonyl (C=O) groups excluding carboxylic acids is 2. The zero-order valence-corrected chi connectivity index (χ0v) is 21.6. The number of hydrogen-bond acceptors (Lipinski definition) is 6. The van der Waals surface area contributed by atoms with Gasteiger partial charge in [0.2, 0.25) is 5.91 Å². The van der Waals surface area contributed by atoms with Crippen molar-refractivity contribution in [1.29, 1.82) is 0 Å². The van der Waals surface area contributed by atoms with Gasteiger partial charge in [0, 0.05) is 30.5 Å². The van der Waals surface area contributed by atoms with Crippen LogP contribution in [0.3, 0.4) is 0 Å². The van der Waals surface area contributed by atoms with E-state index in [9.17, 15) is 19.1 Å². The average Bonchev–Trinajstić information content (AvgIpc) is 3.33. The number of anilines is 1. The summed E-state index contributed by atoms with van der Waals surface area (Å²) in [4.78, 5) is 31.4. The van der Waals surface area contributed by atoms with E-state index in [-0.39, 0.29) is 29.6 Å². The number of amides is 1. The third-order valence-corrected chi connectivity index (χ3v) is 6.82. The molecule has 4 rings (SSSR count). The Bertz CT molecular complexity index is 1340. The average molecular weight is 527 g/mol. The van der Waals surface area contributed by atoms with Crippen LogP contribution in [0.5, 0.6) is 11.5 Å². The van der Waals surface area contributed by atoms with Crippen LogP contribution in [0.1, 0.15) is 48.7 Å². The van der Waals surface area contributed by atoms with E-state index in [0.29, 0.717) is 52.7 Å². The van der Waals surface area contributed by atoms with E-state index < -0.39 is 11.4 Å². The van der Waals surface area contributed by atoms with Crippen molar-refractivity contribution in [2.24, 2.45) is 0 Å². The van der Waals surface area contributed by atoms with Crippen LogP contribution in [0.4, 0.5) is 10.1 Å². The normalized spacial score (nSPS) is 15.0. The molecule has 1 aliphatic rings. The number of methoxy groups -OCH3 is 2. The number of benzene rings is 2. The highest BCUT2D eigenvalue weighted by atomic mass is 35.5. The maximum atomic E-state index is 13.7. The molecule has 9 heteroatoms. The molecule has 0 saturated carbocycles. The summed E-state index contributed by atoms with van der Waals surface area (Å²) in [5, 5.41) is 11.2. The van der Waals surface area contributed by atoms with Crippen molar-refractivity contribution in [2.45, 2.75) is 38.2 Å². The van der Waals surface area contributed by atoms with Crippen molar-refractivity contribution in [2.75, 3.05) is 25.7 Å². The number of hydrogen-bond donors (Lipinski definition) is 1. The van der Waals surface area contributed by atoms with Crippen molar-refractivity contribution < 1.29 is 28.6 Å². The minimum absolute atomic E-state index is 0.0303. The second-order valence-electron chi connectivity index (χ2n) is 9.11. The summed E-state index contributed by atoms with van der Waals surface area (Å²) >= 11 is 5.95. The van der Waals surface area contributed by atoms with E-state index in [2.05, 4.69) is 4.98 Å². The van der Waals surface area contributed by atoms with Crippen molar-refractivity contribution in [1.82, 2.24) is 4.98 Å². The molecule has 194 valence electrons.